The van der Waals surface area contributed by atoms with Gasteiger partial charge in [0.1, 0.15) is 29.3 Å². The van der Waals surface area contributed by atoms with Crippen molar-refractivity contribution in [3.63, 3.8) is 0 Å². The Bertz CT molecular complexity index is 997. The smallest absolute Gasteiger partial charge is 0.134 e. The first-order valence-corrected chi connectivity index (χ1v) is 7.99. The lowest BCUT2D eigenvalue weighted by Crippen LogP contribution is -2.12. The summed E-state index contributed by atoms with van der Waals surface area (Å²) in [5.74, 6) is 1.51. The molecule has 0 unspecified atom stereocenters. The van der Waals surface area contributed by atoms with Gasteiger partial charge in [0.25, 0.3) is 0 Å². The van der Waals surface area contributed by atoms with Gasteiger partial charge in [0, 0.05) is 11.6 Å². The Hall–Kier alpha value is -3.58. The minimum Gasteiger partial charge on any atom is -0.459 e. The van der Waals surface area contributed by atoms with Crippen molar-refractivity contribution in [2.45, 2.75) is 6.04 Å². The highest BCUT2D eigenvalue weighted by Gasteiger charge is 2.19. The Kier molecular flexibility index (Phi) is 3.89. The van der Waals surface area contributed by atoms with E-state index in [1.807, 2.05) is 48.5 Å². The van der Waals surface area contributed by atoms with E-state index in [0.29, 0.717) is 11.4 Å². The van der Waals surface area contributed by atoms with E-state index in [2.05, 4.69) is 28.5 Å². The van der Waals surface area contributed by atoms with E-state index < -0.39 is 0 Å². The van der Waals surface area contributed by atoms with E-state index in [0.717, 1.165) is 22.3 Å². The van der Waals surface area contributed by atoms with E-state index >= 15 is 0 Å². The number of hydrogen-bond acceptors (Lipinski definition) is 4. The van der Waals surface area contributed by atoms with Gasteiger partial charge in [0.2, 0.25) is 0 Å². The normalized spacial score (nSPS) is 11.8. The molecule has 0 aliphatic rings. The molecule has 0 fully saturated rings. The molecule has 4 aromatic rings. The van der Waals surface area contributed by atoms with Gasteiger partial charge in [0.15, 0.2) is 0 Å². The van der Waals surface area contributed by atoms with Crippen molar-refractivity contribution in [1.82, 2.24) is 4.98 Å². The number of anilines is 1. The van der Waals surface area contributed by atoms with Crippen LogP contribution >= 0.6 is 0 Å². The number of benzene rings is 2. The first kappa shape index (κ1) is 15.0. The summed E-state index contributed by atoms with van der Waals surface area (Å²) in [6.45, 7) is 0. The average Bonchev–Trinajstić information content (AvgIpc) is 3.11. The summed E-state index contributed by atoms with van der Waals surface area (Å²) in [6, 6.07) is 25.5. The Morgan fingerprint density at radius 1 is 0.960 bits per heavy atom. The maximum Gasteiger partial charge on any atom is 0.134 e. The molecule has 0 radical (unpaired) electrons. The molecule has 1 N–H and O–H groups in total. The zero-order chi connectivity index (χ0) is 17.1. The van der Waals surface area contributed by atoms with E-state index in [1.54, 1.807) is 18.3 Å². The zero-order valence-electron chi connectivity index (χ0n) is 13.4. The standard InChI is InChI=1S/C21H15N3O/c22-13-15-10-11-20(23-14-15)24-21(16-6-2-1-3-7-16)19-12-17-8-4-5-9-18(17)25-19/h1-12,14,21H,(H,23,24)/t21-/m1/s1. The number of nitrogens with zero attached hydrogens (tertiary/aromatic N) is 2. The Morgan fingerprint density at radius 3 is 2.48 bits per heavy atom. The van der Waals surface area contributed by atoms with Gasteiger partial charge < -0.3 is 9.73 Å². The summed E-state index contributed by atoms with van der Waals surface area (Å²) >= 11 is 0. The van der Waals surface area contributed by atoms with Gasteiger partial charge in [-0.1, -0.05) is 48.5 Å². The number of fused-ring (bicyclic) bond motifs is 1. The monoisotopic (exact) mass is 325 g/mol. The van der Waals surface area contributed by atoms with E-state index in [4.69, 9.17) is 9.68 Å². The van der Waals surface area contributed by atoms with Crippen molar-refractivity contribution in [3.8, 4) is 6.07 Å². The van der Waals surface area contributed by atoms with Crippen LogP contribution < -0.4 is 5.32 Å². The fourth-order valence-corrected chi connectivity index (χ4v) is 2.80. The molecule has 0 saturated heterocycles. The molecule has 0 amide bonds. The molecule has 2 heterocycles. The van der Waals surface area contributed by atoms with Crippen LogP contribution in [0.2, 0.25) is 0 Å². The Morgan fingerprint density at radius 2 is 1.76 bits per heavy atom. The molecule has 4 rings (SSSR count). The summed E-state index contributed by atoms with van der Waals surface area (Å²) in [6.07, 6.45) is 1.56. The van der Waals surface area contributed by atoms with E-state index in [9.17, 15) is 0 Å². The van der Waals surface area contributed by atoms with Gasteiger partial charge in [0.05, 0.1) is 5.56 Å². The topological polar surface area (TPSA) is 61.9 Å². The SMILES string of the molecule is N#Cc1ccc(N[C@H](c2ccccc2)c2cc3ccccc3o2)nc1. The minimum atomic E-state index is -0.172. The molecule has 0 aliphatic carbocycles. The quantitative estimate of drug-likeness (QED) is 0.579. The number of nitriles is 1. The summed E-state index contributed by atoms with van der Waals surface area (Å²) in [4.78, 5) is 4.32. The first-order chi connectivity index (χ1) is 12.3. The molecular weight excluding hydrogens is 310 g/mol. The van der Waals surface area contributed by atoms with Crippen LogP contribution in [0.25, 0.3) is 11.0 Å². The highest BCUT2D eigenvalue weighted by atomic mass is 16.3. The van der Waals surface area contributed by atoms with Crippen LogP contribution in [0.15, 0.2) is 83.4 Å². The molecule has 0 aliphatic heterocycles. The summed E-state index contributed by atoms with van der Waals surface area (Å²) in [5, 5.41) is 13.4. The van der Waals surface area contributed by atoms with Gasteiger partial charge in [-0.3, -0.25) is 0 Å². The number of para-hydroxylation sites is 1. The van der Waals surface area contributed by atoms with Crippen LogP contribution in [0.5, 0.6) is 0 Å². The van der Waals surface area contributed by atoms with Gasteiger partial charge in [-0.2, -0.15) is 5.26 Å². The first-order valence-electron chi connectivity index (χ1n) is 7.99. The van der Waals surface area contributed by atoms with E-state index in [1.165, 1.54) is 0 Å². The summed E-state index contributed by atoms with van der Waals surface area (Å²) < 4.78 is 6.06. The average molecular weight is 325 g/mol. The minimum absolute atomic E-state index is 0.172. The maximum absolute atomic E-state index is 8.92. The van der Waals surface area contributed by atoms with Crippen molar-refractivity contribution >= 4 is 16.8 Å². The molecule has 2 aromatic carbocycles. The number of furan rings is 1. The molecule has 120 valence electrons. The van der Waals surface area contributed by atoms with Crippen LogP contribution in [-0.2, 0) is 0 Å². The highest BCUT2D eigenvalue weighted by molar-refractivity contribution is 5.78. The molecule has 25 heavy (non-hydrogen) atoms. The Balaban J connectivity index is 1.74. The number of hydrogen-bond donors (Lipinski definition) is 1. The van der Waals surface area contributed by atoms with Crippen LogP contribution in [0, 0.1) is 11.3 Å². The van der Waals surface area contributed by atoms with Crippen molar-refractivity contribution in [2.24, 2.45) is 0 Å². The second-order valence-corrected chi connectivity index (χ2v) is 5.72. The lowest BCUT2D eigenvalue weighted by atomic mass is 10.0. The van der Waals surface area contributed by atoms with Crippen LogP contribution in [-0.4, -0.2) is 4.98 Å². The van der Waals surface area contributed by atoms with Gasteiger partial charge in [-0.15, -0.1) is 0 Å². The second kappa shape index (κ2) is 6.50. The molecule has 0 bridgehead atoms. The Labute approximate surface area is 145 Å². The molecule has 1 atom stereocenters. The summed E-state index contributed by atoms with van der Waals surface area (Å²) in [7, 11) is 0. The molecule has 4 heteroatoms. The maximum atomic E-state index is 8.92. The third kappa shape index (κ3) is 3.08. The molecular formula is C21H15N3O. The third-order valence-electron chi connectivity index (χ3n) is 4.05. The zero-order valence-corrected chi connectivity index (χ0v) is 13.4. The van der Waals surface area contributed by atoms with E-state index in [-0.39, 0.29) is 6.04 Å². The predicted molar refractivity (Wildman–Crippen MR) is 97.1 cm³/mol. The number of pyridine rings is 1. The van der Waals surface area contributed by atoms with Gasteiger partial charge in [-0.25, -0.2) is 4.98 Å². The molecule has 4 nitrogen and oxygen atoms in total. The van der Waals surface area contributed by atoms with Gasteiger partial charge in [-0.05, 0) is 29.8 Å². The number of aromatic nitrogens is 1. The van der Waals surface area contributed by atoms with Gasteiger partial charge >= 0.3 is 0 Å². The number of rotatable bonds is 4. The number of nitrogens with one attached hydrogen (secondary N) is 1. The van der Waals surface area contributed by atoms with Crippen molar-refractivity contribution < 1.29 is 4.42 Å². The largest absolute Gasteiger partial charge is 0.459 e. The van der Waals surface area contributed by atoms with Crippen molar-refractivity contribution in [1.29, 1.82) is 5.26 Å². The summed E-state index contributed by atoms with van der Waals surface area (Å²) in [5.41, 5.74) is 2.46. The van der Waals surface area contributed by atoms with Crippen LogP contribution in [0.1, 0.15) is 22.9 Å². The van der Waals surface area contributed by atoms with Crippen LogP contribution in [0.3, 0.4) is 0 Å². The van der Waals surface area contributed by atoms with Crippen molar-refractivity contribution in [3.05, 3.63) is 95.9 Å². The second-order valence-electron chi connectivity index (χ2n) is 5.72. The lowest BCUT2D eigenvalue weighted by Gasteiger charge is -2.17. The van der Waals surface area contributed by atoms with Crippen LogP contribution in [0.4, 0.5) is 5.82 Å². The lowest BCUT2D eigenvalue weighted by molar-refractivity contribution is 0.536. The molecule has 0 saturated carbocycles. The highest BCUT2D eigenvalue weighted by Crippen LogP contribution is 2.30. The third-order valence-corrected chi connectivity index (χ3v) is 4.05. The molecule has 0 spiro atoms. The predicted octanol–water partition coefficient (Wildman–Crippen LogP) is 4.90. The fraction of sp³-hybridized carbons (Fsp3) is 0.0476. The molecule has 2 aromatic heterocycles. The van der Waals surface area contributed by atoms with Crippen molar-refractivity contribution in [2.75, 3.05) is 5.32 Å². The fourth-order valence-electron chi connectivity index (χ4n) is 2.80.